The van der Waals surface area contributed by atoms with Gasteiger partial charge in [-0.3, -0.25) is 9.59 Å². The van der Waals surface area contributed by atoms with Crippen molar-refractivity contribution in [3.05, 3.63) is 76.0 Å². The van der Waals surface area contributed by atoms with E-state index < -0.39 is 0 Å². The van der Waals surface area contributed by atoms with Crippen molar-refractivity contribution in [1.29, 1.82) is 5.26 Å². The SMILES string of the molecule is CNC(=O)CCCN.Cc1sc(N(Cc2ccc(F)cc2)c2ccc(C#N)cc2)nc1C=O. The monoisotopic (exact) mass is 467 g/mol. The lowest BCUT2D eigenvalue weighted by molar-refractivity contribution is -0.120. The second-order valence-electron chi connectivity index (χ2n) is 6.99. The first-order valence-electron chi connectivity index (χ1n) is 10.3. The molecule has 172 valence electrons. The number of halogens is 1. The molecule has 0 aliphatic rings. The van der Waals surface area contributed by atoms with Crippen LogP contribution in [0.3, 0.4) is 0 Å². The molecule has 1 amide bonds. The molecule has 0 spiro atoms. The predicted octanol–water partition coefficient (Wildman–Crippen LogP) is 4.08. The van der Waals surface area contributed by atoms with Crippen molar-refractivity contribution in [2.24, 2.45) is 5.73 Å². The number of aromatic nitrogens is 1. The lowest BCUT2D eigenvalue weighted by Crippen LogP contribution is -2.18. The van der Waals surface area contributed by atoms with E-state index in [1.165, 1.54) is 23.5 Å². The van der Waals surface area contributed by atoms with Gasteiger partial charge in [-0.25, -0.2) is 9.37 Å². The number of aldehydes is 1. The van der Waals surface area contributed by atoms with Gasteiger partial charge in [0.25, 0.3) is 0 Å². The maximum absolute atomic E-state index is 13.2. The molecule has 7 nitrogen and oxygen atoms in total. The summed E-state index contributed by atoms with van der Waals surface area (Å²) in [6, 6.07) is 15.5. The minimum Gasteiger partial charge on any atom is -0.359 e. The fraction of sp³-hybridized carbons (Fsp3) is 0.250. The first-order valence-corrected chi connectivity index (χ1v) is 11.1. The van der Waals surface area contributed by atoms with E-state index in [0.29, 0.717) is 35.9 Å². The number of hydrogen-bond donors (Lipinski definition) is 2. The third-order valence-corrected chi connectivity index (χ3v) is 5.62. The van der Waals surface area contributed by atoms with Crippen molar-refractivity contribution in [1.82, 2.24) is 10.3 Å². The van der Waals surface area contributed by atoms with Crippen molar-refractivity contribution in [2.75, 3.05) is 18.5 Å². The van der Waals surface area contributed by atoms with Crippen molar-refractivity contribution in [3.8, 4) is 6.07 Å². The Bertz CT molecular complexity index is 1090. The smallest absolute Gasteiger partial charge is 0.219 e. The van der Waals surface area contributed by atoms with Crippen molar-refractivity contribution in [3.63, 3.8) is 0 Å². The first kappa shape index (κ1) is 25.6. The van der Waals surface area contributed by atoms with Crippen LogP contribution in [0, 0.1) is 24.1 Å². The highest BCUT2D eigenvalue weighted by Gasteiger charge is 2.16. The summed E-state index contributed by atoms with van der Waals surface area (Å²) in [5, 5.41) is 12.1. The summed E-state index contributed by atoms with van der Waals surface area (Å²) in [5.41, 5.74) is 7.88. The Labute approximate surface area is 196 Å². The maximum atomic E-state index is 13.2. The molecule has 0 fully saturated rings. The van der Waals surface area contributed by atoms with Crippen molar-refractivity contribution in [2.45, 2.75) is 26.3 Å². The van der Waals surface area contributed by atoms with Crippen LogP contribution in [0.1, 0.15) is 39.3 Å². The molecule has 0 aliphatic carbocycles. The van der Waals surface area contributed by atoms with Crippen LogP contribution in [-0.4, -0.2) is 30.8 Å². The summed E-state index contributed by atoms with van der Waals surface area (Å²) in [7, 11) is 1.62. The third-order valence-electron chi connectivity index (χ3n) is 4.61. The molecule has 3 aromatic rings. The number of nitrogens with one attached hydrogen (secondary N) is 1. The van der Waals surface area contributed by atoms with E-state index in [4.69, 9.17) is 11.0 Å². The Balaban J connectivity index is 0.000000414. The molecule has 0 saturated carbocycles. The average molecular weight is 468 g/mol. The van der Waals surface area contributed by atoms with Gasteiger partial charge < -0.3 is 16.0 Å². The molecule has 0 saturated heterocycles. The minimum absolute atomic E-state index is 0.0652. The number of amides is 1. The molecule has 3 N–H and O–H groups in total. The molecule has 0 radical (unpaired) electrons. The molecule has 33 heavy (non-hydrogen) atoms. The van der Waals surface area contributed by atoms with Crippen LogP contribution >= 0.6 is 11.3 Å². The lowest BCUT2D eigenvalue weighted by Gasteiger charge is -2.22. The minimum atomic E-state index is -0.290. The summed E-state index contributed by atoms with van der Waals surface area (Å²) in [4.78, 5) is 28.7. The van der Waals surface area contributed by atoms with E-state index in [-0.39, 0.29) is 11.7 Å². The molecule has 0 aliphatic heterocycles. The second kappa shape index (κ2) is 13.1. The lowest BCUT2D eigenvalue weighted by atomic mass is 10.1. The maximum Gasteiger partial charge on any atom is 0.219 e. The molecule has 3 rings (SSSR count). The van der Waals surface area contributed by atoms with E-state index >= 15 is 0 Å². The van der Waals surface area contributed by atoms with Gasteiger partial charge in [-0.2, -0.15) is 5.26 Å². The second-order valence-corrected chi connectivity index (χ2v) is 8.17. The van der Waals surface area contributed by atoms with E-state index in [1.807, 2.05) is 24.0 Å². The summed E-state index contributed by atoms with van der Waals surface area (Å²) in [6.45, 7) is 2.91. The highest BCUT2D eigenvalue weighted by Crippen LogP contribution is 2.32. The van der Waals surface area contributed by atoms with Crippen molar-refractivity contribution >= 4 is 34.3 Å². The Morgan fingerprint density at radius 1 is 1.24 bits per heavy atom. The van der Waals surface area contributed by atoms with Gasteiger partial charge in [0, 0.05) is 24.0 Å². The number of nitrogens with zero attached hydrogens (tertiary/aromatic N) is 3. The normalized spacial score (nSPS) is 9.91. The van der Waals surface area contributed by atoms with Crippen LogP contribution < -0.4 is 16.0 Å². The number of hydrogen-bond acceptors (Lipinski definition) is 7. The zero-order chi connectivity index (χ0) is 24.2. The standard InChI is InChI=1S/C19H14FN3OS.C5H12N2O/c1-13-18(12-24)22-19(25-13)23(11-15-2-6-16(20)7-3-15)17-8-4-14(10-21)5-9-17;1-7-5(8)3-2-4-6/h2-9,12H,11H2,1H3;2-4,6H2,1H3,(H,7,8). The number of benzene rings is 2. The average Bonchev–Trinajstić information content (AvgIpc) is 3.22. The number of carbonyl (C=O) groups excluding carboxylic acids is 2. The molecule has 1 aromatic heterocycles. The Kier molecular flexibility index (Phi) is 10.1. The molecule has 1 heterocycles. The van der Waals surface area contributed by atoms with Crippen molar-refractivity contribution < 1.29 is 14.0 Å². The topological polar surface area (TPSA) is 112 Å². The quantitative estimate of drug-likeness (QED) is 0.483. The van der Waals surface area contributed by atoms with Gasteiger partial charge in [0.15, 0.2) is 11.4 Å². The summed E-state index contributed by atoms with van der Waals surface area (Å²) < 4.78 is 13.2. The Hall–Kier alpha value is -3.61. The van der Waals surface area contributed by atoms with Crippen LogP contribution in [0.4, 0.5) is 15.2 Å². The molecule has 0 atom stereocenters. The number of anilines is 2. The number of carbonyl (C=O) groups is 2. The van der Waals surface area contributed by atoms with Crippen LogP contribution in [0.15, 0.2) is 48.5 Å². The Morgan fingerprint density at radius 2 is 1.91 bits per heavy atom. The van der Waals surface area contributed by atoms with Gasteiger partial charge in [0.05, 0.1) is 18.2 Å². The van der Waals surface area contributed by atoms with Gasteiger partial charge >= 0.3 is 0 Å². The molecular formula is C24H26FN5O2S. The highest BCUT2D eigenvalue weighted by molar-refractivity contribution is 7.15. The zero-order valence-electron chi connectivity index (χ0n) is 18.5. The largest absolute Gasteiger partial charge is 0.359 e. The fourth-order valence-corrected chi connectivity index (χ4v) is 3.66. The molecule has 2 aromatic carbocycles. The summed E-state index contributed by atoms with van der Waals surface area (Å²) >= 11 is 1.42. The van der Waals surface area contributed by atoms with Gasteiger partial charge in [0.1, 0.15) is 11.5 Å². The number of rotatable bonds is 8. The van der Waals surface area contributed by atoms with E-state index in [0.717, 1.165) is 28.8 Å². The number of thiazole rings is 1. The summed E-state index contributed by atoms with van der Waals surface area (Å²) in [5.74, 6) is -0.225. The first-order chi connectivity index (χ1) is 15.9. The van der Waals surface area contributed by atoms with Crippen LogP contribution in [-0.2, 0) is 11.3 Å². The van der Waals surface area contributed by atoms with Crippen LogP contribution in [0.2, 0.25) is 0 Å². The number of nitriles is 1. The molecule has 9 heteroatoms. The van der Waals surface area contributed by atoms with E-state index in [1.54, 1.807) is 31.3 Å². The van der Waals surface area contributed by atoms with Gasteiger partial charge in [-0.15, -0.1) is 11.3 Å². The fourth-order valence-electron chi connectivity index (χ4n) is 2.76. The molecular weight excluding hydrogens is 441 g/mol. The highest BCUT2D eigenvalue weighted by atomic mass is 32.1. The molecule has 0 unspecified atom stereocenters. The Morgan fingerprint density at radius 3 is 2.42 bits per heavy atom. The van der Waals surface area contributed by atoms with Crippen LogP contribution in [0.25, 0.3) is 0 Å². The molecule has 0 bridgehead atoms. The summed E-state index contributed by atoms with van der Waals surface area (Å²) in [6.07, 6.45) is 2.07. The predicted molar refractivity (Wildman–Crippen MR) is 128 cm³/mol. The van der Waals surface area contributed by atoms with Crippen LogP contribution in [0.5, 0.6) is 0 Å². The van der Waals surface area contributed by atoms with Gasteiger partial charge in [0.2, 0.25) is 5.91 Å². The van der Waals surface area contributed by atoms with E-state index in [2.05, 4.69) is 16.4 Å². The van der Waals surface area contributed by atoms with Gasteiger partial charge in [-0.05, 0) is 61.9 Å². The zero-order valence-corrected chi connectivity index (χ0v) is 19.4. The van der Waals surface area contributed by atoms with E-state index in [9.17, 15) is 14.0 Å². The number of aryl methyl sites for hydroxylation is 1. The van der Waals surface area contributed by atoms with Gasteiger partial charge in [-0.1, -0.05) is 12.1 Å². The third kappa shape index (κ3) is 7.79. The number of nitrogens with two attached hydrogens (primary N) is 1.